The number of fused-ring (bicyclic) bond motifs is 1. The van der Waals surface area contributed by atoms with Gasteiger partial charge in [-0.25, -0.2) is 0 Å². The Morgan fingerprint density at radius 2 is 2.10 bits per heavy atom. The molecule has 0 amide bonds. The van der Waals surface area contributed by atoms with Crippen molar-refractivity contribution < 1.29 is 14.6 Å². The molecule has 1 N–H and O–H groups in total. The van der Waals surface area contributed by atoms with Crippen molar-refractivity contribution >= 4 is 27.5 Å². The zero-order valence-corrected chi connectivity index (χ0v) is 13.7. The Morgan fingerprint density at radius 1 is 1.29 bits per heavy atom. The number of aliphatic hydroxyl groups excluding tert-OH is 1. The zero-order valence-electron chi connectivity index (χ0n) is 11.3. The van der Waals surface area contributed by atoms with Gasteiger partial charge in [0, 0.05) is 16.5 Å². The Bertz CT molecular complexity index is 675. The molecule has 0 aliphatic carbocycles. The van der Waals surface area contributed by atoms with Gasteiger partial charge in [-0.2, -0.15) is 0 Å². The minimum atomic E-state index is -0.580. The maximum absolute atomic E-state index is 10.4. The monoisotopic (exact) mass is 368 g/mol. The molecule has 1 aliphatic rings. The Morgan fingerprint density at radius 3 is 2.81 bits per heavy atom. The summed E-state index contributed by atoms with van der Waals surface area (Å²) in [6.45, 7) is 0. The van der Waals surface area contributed by atoms with Gasteiger partial charge >= 0.3 is 0 Å². The molecule has 5 heteroatoms. The van der Waals surface area contributed by atoms with Crippen LogP contribution in [0.4, 0.5) is 0 Å². The summed E-state index contributed by atoms with van der Waals surface area (Å²) in [6.07, 6.45) is -0.286. The van der Waals surface area contributed by atoms with Crippen LogP contribution in [0.2, 0.25) is 5.02 Å². The van der Waals surface area contributed by atoms with E-state index in [1.54, 1.807) is 7.11 Å². The van der Waals surface area contributed by atoms with Gasteiger partial charge in [0.1, 0.15) is 17.6 Å². The normalized spacial score (nSPS) is 20.6. The molecule has 3 rings (SSSR count). The molecule has 0 fully saturated rings. The molecule has 0 spiro atoms. The van der Waals surface area contributed by atoms with E-state index in [0.717, 1.165) is 15.6 Å². The van der Waals surface area contributed by atoms with E-state index >= 15 is 0 Å². The fraction of sp³-hybridized carbons (Fsp3) is 0.250. The third kappa shape index (κ3) is 2.89. The third-order valence-corrected chi connectivity index (χ3v) is 4.81. The van der Waals surface area contributed by atoms with Crippen LogP contribution < -0.4 is 9.47 Å². The van der Waals surface area contributed by atoms with Crippen molar-refractivity contribution in [2.75, 3.05) is 7.11 Å². The van der Waals surface area contributed by atoms with E-state index < -0.39 is 6.10 Å². The van der Waals surface area contributed by atoms with E-state index in [4.69, 9.17) is 21.1 Å². The van der Waals surface area contributed by atoms with Gasteiger partial charge in [0.15, 0.2) is 0 Å². The number of aliphatic hydroxyl groups is 1. The first-order valence-electron chi connectivity index (χ1n) is 6.56. The molecule has 0 aromatic heterocycles. The molecule has 2 atom stereocenters. The summed E-state index contributed by atoms with van der Waals surface area (Å²) in [6, 6.07) is 11.1. The highest BCUT2D eigenvalue weighted by molar-refractivity contribution is 9.10. The number of benzene rings is 2. The Labute approximate surface area is 136 Å². The van der Waals surface area contributed by atoms with Crippen molar-refractivity contribution in [3.05, 3.63) is 57.0 Å². The molecule has 1 aliphatic heterocycles. The van der Waals surface area contributed by atoms with Crippen LogP contribution in [0.15, 0.2) is 40.9 Å². The van der Waals surface area contributed by atoms with Gasteiger partial charge in [-0.15, -0.1) is 0 Å². The minimum absolute atomic E-state index is 0.200. The Kier molecular flexibility index (Phi) is 4.11. The van der Waals surface area contributed by atoms with Gasteiger partial charge in [-0.1, -0.05) is 17.7 Å². The molecule has 0 radical (unpaired) electrons. The van der Waals surface area contributed by atoms with Crippen LogP contribution >= 0.6 is 27.5 Å². The molecule has 1 heterocycles. The van der Waals surface area contributed by atoms with Gasteiger partial charge in [0.2, 0.25) is 0 Å². The number of halogens is 2. The average molecular weight is 370 g/mol. The van der Waals surface area contributed by atoms with Gasteiger partial charge in [-0.3, -0.25) is 0 Å². The van der Waals surface area contributed by atoms with E-state index in [1.807, 2.05) is 36.4 Å². The summed E-state index contributed by atoms with van der Waals surface area (Å²) in [5.74, 6) is 1.40. The third-order valence-electron chi connectivity index (χ3n) is 3.60. The highest BCUT2D eigenvalue weighted by Gasteiger charge is 2.28. The minimum Gasteiger partial charge on any atom is -0.497 e. The van der Waals surface area contributed by atoms with Crippen LogP contribution in [-0.4, -0.2) is 12.2 Å². The highest BCUT2D eigenvalue weighted by atomic mass is 79.9. The molecule has 0 saturated carbocycles. The number of rotatable bonds is 2. The lowest BCUT2D eigenvalue weighted by molar-refractivity contribution is 0.0654. The molecule has 2 aromatic rings. The van der Waals surface area contributed by atoms with Gasteiger partial charge in [0.05, 0.1) is 18.2 Å². The fourth-order valence-electron chi connectivity index (χ4n) is 2.47. The molecular weight excluding hydrogens is 356 g/mol. The summed E-state index contributed by atoms with van der Waals surface area (Å²) < 4.78 is 12.0. The zero-order chi connectivity index (χ0) is 15.0. The summed E-state index contributed by atoms with van der Waals surface area (Å²) in [5, 5.41) is 11.0. The van der Waals surface area contributed by atoms with E-state index in [9.17, 15) is 5.11 Å². The number of hydrogen-bond acceptors (Lipinski definition) is 3. The Hall–Kier alpha value is -1.23. The lowest BCUT2D eigenvalue weighted by Crippen LogP contribution is -2.19. The summed E-state index contributed by atoms with van der Waals surface area (Å²) in [7, 11) is 1.60. The second-order valence-electron chi connectivity index (χ2n) is 4.94. The average Bonchev–Trinajstić information content (AvgIpc) is 2.49. The lowest BCUT2D eigenvalue weighted by atomic mass is 9.95. The lowest BCUT2D eigenvalue weighted by Gasteiger charge is -2.30. The number of ether oxygens (including phenoxy) is 2. The second kappa shape index (κ2) is 5.87. The topological polar surface area (TPSA) is 38.7 Å². The van der Waals surface area contributed by atoms with Crippen LogP contribution in [0.25, 0.3) is 0 Å². The molecule has 2 aromatic carbocycles. The molecule has 110 valence electrons. The summed E-state index contributed by atoms with van der Waals surface area (Å²) >= 11 is 9.42. The predicted octanol–water partition coefficient (Wildman–Crippen LogP) is 4.67. The highest BCUT2D eigenvalue weighted by Crippen LogP contribution is 2.42. The Balaban J connectivity index is 1.92. The van der Waals surface area contributed by atoms with Gasteiger partial charge in [0.25, 0.3) is 0 Å². The first-order valence-corrected chi connectivity index (χ1v) is 7.73. The summed E-state index contributed by atoms with van der Waals surface area (Å²) in [5.41, 5.74) is 1.74. The maximum Gasteiger partial charge on any atom is 0.127 e. The smallest absolute Gasteiger partial charge is 0.127 e. The van der Waals surface area contributed by atoms with Crippen molar-refractivity contribution in [2.45, 2.75) is 18.6 Å². The van der Waals surface area contributed by atoms with Crippen molar-refractivity contribution in [3.8, 4) is 11.5 Å². The fourth-order valence-corrected chi connectivity index (χ4v) is 2.98. The van der Waals surface area contributed by atoms with E-state index in [1.165, 1.54) is 0 Å². The van der Waals surface area contributed by atoms with Crippen molar-refractivity contribution in [2.24, 2.45) is 0 Å². The molecule has 1 unspecified atom stereocenters. The maximum atomic E-state index is 10.4. The SMILES string of the molecule is COc1ccc2c(c1)[C@H](O)CC(c1ccc(Cl)c(Br)c1)O2. The first-order chi connectivity index (χ1) is 10.1. The van der Waals surface area contributed by atoms with Crippen molar-refractivity contribution in [1.29, 1.82) is 0 Å². The second-order valence-corrected chi connectivity index (χ2v) is 6.20. The van der Waals surface area contributed by atoms with Crippen molar-refractivity contribution in [1.82, 2.24) is 0 Å². The number of methoxy groups -OCH3 is 1. The van der Waals surface area contributed by atoms with E-state index in [0.29, 0.717) is 22.9 Å². The van der Waals surface area contributed by atoms with Crippen LogP contribution in [-0.2, 0) is 0 Å². The first kappa shape index (κ1) is 14.7. The molecule has 21 heavy (non-hydrogen) atoms. The predicted molar refractivity (Wildman–Crippen MR) is 85.1 cm³/mol. The standard InChI is InChI=1S/C16H14BrClO3/c1-20-10-3-5-15-11(7-10)14(19)8-16(21-15)9-2-4-13(18)12(17)6-9/h2-7,14,16,19H,8H2,1H3/t14-,16?/m1/s1. The van der Waals surface area contributed by atoms with Gasteiger partial charge in [-0.05, 0) is 51.8 Å². The van der Waals surface area contributed by atoms with E-state index in [-0.39, 0.29) is 6.10 Å². The number of hydrogen-bond donors (Lipinski definition) is 1. The molecule has 3 nitrogen and oxygen atoms in total. The van der Waals surface area contributed by atoms with Gasteiger partial charge < -0.3 is 14.6 Å². The molecule has 0 bridgehead atoms. The molecule has 0 saturated heterocycles. The quantitative estimate of drug-likeness (QED) is 0.836. The van der Waals surface area contributed by atoms with Crippen LogP contribution in [0.3, 0.4) is 0 Å². The largest absolute Gasteiger partial charge is 0.497 e. The van der Waals surface area contributed by atoms with Crippen molar-refractivity contribution in [3.63, 3.8) is 0 Å². The molecular formula is C16H14BrClO3. The van der Waals surface area contributed by atoms with E-state index in [2.05, 4.69) is 15.9 Å². The van der Waals surface area contributed by atoms with Crippen LogP contribution in [0.1, 0.15) is 29.8 Å². The summed E-state index contributed by atoms with van der Waals surface area (Å²) in [4.78, 5) is 0. The van der Waals surface area contributed by atoms with Crippen LogP contribution in [0.5, 0.6) is 11.5 Å². The van der Waals surface area contributed by atoms with Crippen LogP contribution in [0, 0.1) is 0 Å².